The summed E-state index contributed by atoms with van der Waals surface area (Å²) in [5.74, 6) is -0.413. The molecule has 0 N–H and O–H groups in total. The predicted molar refractivity (Wildman–Crippen MR) is 133 cm³/mol. The van der Waals surface area contributed by atoms with Gasteiger partial charge in [-0.3, -0.25) is 29.2 Å². The summed E-state index contributed by atoms with van der Waals surface area (Å²) in [6.45, 7) is 0.953. The van der Waals surface area contributed by atoms with Crippen LogP contribution in [0.3, 0.4) is 0 Å². The number of imide groups is 1. The van der Waals surface area contributed by atoms with E-state index >= 15 is 0 Å². The second-order valence-corrected chi connectivity index (χ2v) is 9.22. The molecule has 2 aliphatic heterocycles. The van der Waals surface area contributed by atoms with Gasteiger partial charge in [0.15, 0.2) is 5.17 Å². The van der Waals surface area contributed by atoms with Gasteiger partial charge in [0.2, 0.25) is 0 Å². The fourth-order valence-corrected chi connectivity index (χ4v) is 5.23. The molecule has 0 aromatic heterocycles. The third-order valence-corrected chi connectivity index (χ3v) is 6.97. The SMILES string of the molecule is O=C([C@H](Cc1ccccc1)N1C(=O)c2ccccc2C1=O)N1CCSC1=NCc1ccccc1. The van der Waals surface area contributed by atoms with Crippen LogP contribution in [0.1, 0.15) is 31.8 Å². The molecule has 6 nitrogen and oxygen atoms in total. The van der Waals surface area contributed by atoms with Crippen molar-refractivity contribution in [3.63, 3.8) is 0 Å². The molecule has 1 saturated heterocycles. The monoisotopic (exact) mass is 469 g/mol. The number of aliphatic imine (C=N–C) groups is 1. The Hall–Kier alpha value is -3.71. The lowest BCUT2D eigenvalue weighted by molar-refractivity contribution is -0.131. The number of hydrogen-bond acceptors (Lipinski definition) is 5. The number of carbonyl (C=O) groups is 3. The number of thioether (sulfide) groups is 1. The number of amidine groups is 1. The number of benzene rings is 3. The molecule has 0 unspecified atom stereocenters. The molecule has 3 aromatic rings. The maximum absolute atomic E-state index is 13.9. The average Bonchev–Trinajstić information content (AvgIpc) is 3.45. The lowest BCUT2D eigenvalue weighted by atomic mass is 10.0. The van der Waals surface area contributed by atoms with Gasteiger partial charge in [0.25, 0.3) is 17.7 Å². The summed E-state index contributed by atoms with van der Waals surface area (Å²) in [6, 6.07) is 25.1. The van der Waals surface area contributed by atoms with Crippen molar-refractivity contribution in [2.75, 3.05) is 12.3 Å². The Labute approximate surface area is 202 Å². The Morgan fingerprint density at radius 2 is 1.38 bits per heavy atom. The quantitative estimate of drug-likeness (QED) is 0.511. The first-order chi connectivity index (χ1) is 16.6. The van der Waals surface area contributed by atoms with Gasteiger partial charge >= 0.3 is 0 Å². The number of fused-ring (bicyclic) bond motifs is 1. The highest BCUT2D eigenvalue weighted by atomic mass is 32.2. The first kappa shape index (κ1) is 22.1. The first-order valence-corrected chi connectivity index (χ1v) is 12.2. The lowest BCUT2D eigenvalue weighted by Gasteiger charge is -2.29. The molecule has 7 heteroatoms. The molecule has 1 fully saturated rings. The fraction of sp³-hybridized carbons (Fsp3) is 0.185. The maximum atomic E-state index is 13.9. The highest BCUT2D eigenvalue weighted by Gasteiger charge is 2.45. The summed E-state index contributed by atoms with van der Waals surface area (Å²) in [5.41, 5.74) is 2.61. The summed E-state index contributed by atoms with van der Waals surface area (Å²) < 4.78 is 0. The minimum atomic E-state index is -0.949. The topological polar surface area (TPSA) is 70.1 Å². The summed E-state index contributed by atoms with van der Waals surface area (Å²) >= 11 is 1.52. The molecule has 2 heterocycles. The third kappa shape index (κ3) is 4.26. The van der Waals surface area contributed by atoms with Crippen LogP contribution < -0.4 is 0 Å². The van der Waals surface area contributed by atoms with Crippen LogP contribution >= 0.6 is 11.8 Å². The Kier molecular flexibility index (Phi) is 6.27. The normalized spacial score (nSPS) is 17.4. The number of hydrogen-bond donors (Lipinski definition) is 0. The van der Waals surface area contributed by atoms with Crippen LogP contribution in [0.15, 0.2) is 89.9 Å². The van der Waals surface area contributed by atoms with E-state index in [0.29, 0.717) is 29.4 Å². The maximum Gasteiger partial charge on any atom is 0.262 e. The molecule has 0 saturated carbocycles. The molecular formula is C27H23N3O3S. The Morgan fingerprint density at radius 3 is 2.00 bits per heavy atom. The van der Waals surface area contributed by atoms with E-state index in [0.717, 1.165) is 21.8 Å². The lowest BCUT2D eigenvalue weighted by Crippen LogP contribution is -2.52. The van der Waals surface area contributed by atoms with Crippen LogP contribution in [-0.4, -0.2) is 51.0 Å². The minimum absolute atomic E-state index is 0.248. The Balaban J connectivity index is 1.46. The molecule has 5 rings (SSSR count). The zero-order chi connectivity index (χ0) is 23.5. The molecule has 3 amide bonds. The van der Waals surface area contributed by atoms with Gasteiger partial charge in [-0.05, 0) is 23.3 Å². The van der Waals surface area contributed by atoms with Crippen LogP contribution in [0.25, 0.3) is 0 Å². The number of nitrogens with zero attached hydrogens (tertiary/aromatic N) is 3. The minimum Gasteiger partial charge on any atom is -0.289 e. The van der Waals surface area contributed by atoms with E-state index in [-0.39, 0.29) is 12.3 Å². The van der Waals surface area contributed by atoms with E-state index in [9.17, 15) is 14.4 Å². The zero-order valence-electron chi connectivity index (χ0n) is 18.5. The van der Waals surface area contributed by atoms with Gasteiger partial charge in [-0.2, -0.15) is 0 Å². The third-order valence-electron chi connectivity index (χ3n) is 5.98. The van der Waals surface area contributed by atoms with Gasteiger partial charge in [-0.15, -0.1) is 0 Å². The first-order valence-electron chi connectivity index (χ1n) is 11.2. The standard InChI is InChI=1S/C27H23N3O3S/c31-24-21-13-7-8-14-22(21)25(32)30(24)23(17-19-9-3-1-4-10-19)26(33)29-15-16-34-27(29)28-18-20-11-5-2-6-12-20/h1-14,23H,15-18H2/t23-/m0/s1. The largest absolute Gasteiger partial charge is 0.289 e. The molecule has 0 radical (unpaired) electrons. The Bertz CT molecular complexity index is 1230. The van der Waals surface area contributed by atoms with Crippen molar-refractivity contribution < 1.29 is 14.4 Å². The second-order valence-electron chi connectivity index (χ2n) is 8.15. The van der Waals surface area contributed by atoms with E-state index in [4.69, 9.17) is 0 Å². The van der Waals surface area contributed by atoms with Crippen molar-refractivity contribution in [2.45, 2.75) is 19.0 Å². The highest BCUT2D eigenvalue weighted by Crippen LogP contribution is 2.29. The summed E-state index contributed by atoms with van der Waals surface area (Å²) in [4.78, 5) is 47.8. The van der Waals surface area contributed by atoms with Crippen LogP contribution in [0.2, 0.25) is 0 Å². The van der Waals surface area contributed by atoms with Crippen LogP contribution in [0.5, 0.6) is 0 Å². The van der Waals surface area contributed by atoms with Crippen LogP contribution in [0.4, 0.5) is 0 Å². The molecule has 0 bridgehead atoms. The molecular weight excluding hydrogens is 446 g/mol. The molecule has 3 aromatic carbocycles. The smallest absolute Gasteiger partial charge is 0.262 e. The van der Waals surface area contributed by atoms with Crippen LogP contribution in [-0.2, 0) is 17.8 Å². The molecule has 0 spiro atoms. The Morgan fingerprint density at radius 1 is 0.824 bits per heavy atom. The molecule has 2 aliphatic rings. The number of amides is 3. The van der Waals surface area contributed by atoms with Gasteiger partial charge in [0, 0.05) is 18.7 Å². The van der Waals surface area contributed by atoms with E-state index in [1.54, 1.807) is 29.2 Å². The predicted octanol–water partition coefficient (Wildman–Crippen LogP) is 4.03. The van der Waals surface area contributed by atoms with Gasteiger partial charge in [-0.1, -0.05) is 84.6 Å². The fourth-order valence-electron chi connectivity index (χ4n) is 4.28. The summed E-state index contributed by atoms with van der Waals surface area (Å²) in [6.07, 6.45) is 0.248. The highest BCUT2D eigenvalue weighted by molar-refractivity contribution is 8.14. The van der Waals surface area contributed by atoms with Gasteiger partial charge in [0.1, 0.15) is 6.04 Å². The summed E-state index contributed by atoms with van der Waals surface area (Å²) in [7, 11) is 0. The molecule has 0 aliphatic carbocycles. The van der Waals surface area contributed by atoms with Crippen LogP contribution in [0, 0.1) is 0 Å². The zero-order valence-corrected chi connectivity index (χ0v) is 19.3. The van der Waals surface area contributed by atoms with Crippen molar-refractivity contribution in [2.24, 2.45) is 4.99 Å². The van der Waals surface area contributed by atoms with Crippen molar-refractivity contribution in [3.8, 4) is 0 Å². The van der Waals surface area contributed by atoms with E-state index in [1.165, 1.54) is 11.8 Å². The number of carbonyl (C=O) groups excluding carboxylic acids is 3. The average molecular weight is 470 g/mol. The van der Waals surface area contributed by atoms with Gasteiger partial charge in [0.05, 0.1) is 17.7 Å². The summed E-state index contributed by atoms with van der Waals surface area (Å²) in [5, 5.41) is 0.628. The van der Waals surface area contributed by atoms with Crippen molar-refractivity contribution in [3.05, 3.63) is 107 Å². The molecule has 34 heavy (non-hydrogen) atoms. The van der Waals surface area contributed by atoms with Crippen molar-refractivity contribution in [1.29, 1.82) is 0 Å². The molecule has 1 atom stereocenters. The van der Waals surface area contributed by atoms with Gasteiger partial charge < -0.3 is 0 Å². The van der Waals surface area contributed by atoms with E-state index in [1.807, 2.05) is 60.7 Å². The van der Waals surface area contributed by atoms with Gasteiger partial charge in [-0.25, -0.2) is 0 Å². The van der Waals surface area contributed by atoms with E-state index in [2.05, 4.69) is 4.99 Å². The van der Waals surface area contributed by atoms with E-state index < -0.39 is 17.9 Å². The number of rotatable bonds is 6. The second kappa shape index (κ2) is 9.65. The van der Waals surface area contributed by atoms with Crippen molar-refractivity contribution >= 4 is 34.7 Å². The molecule has 170 valence electrons. The van der Waals surface area contributed by atoms with Crippen molar-refractivity contribution in [1.82, 2.24) is 9.80 Å².